The van der Waals surface area contributed by atoms with E-state index in [0.29, 0.717) is 5.92 Å². The van der Waals surface area contributed by atoms with Crippen molar-refractivity contribution in [1.29, 1.82) is 0 Å². The minimum atomic E-state index is -0.113. The van der Waals surface area contributed by atoms with Crippen molar-refractivity contribution in [3.8, 4) is 0 Å². The van der Waals surface area contributed by atoms with E-state index in [1.54, 1.807) is 12.3 Å². The van der Waals surface area contributed by atoms with Crippen molar-refractivity contribution < 1.29 is 4.39 Å². The molecule has 138 valence electrons. The standard InChI is InChI=1S/C20H19F.C4H6N2/c1-12-5-3-6-14-9-10-15-16-7-4-8-18(21)20(16)13(2)11-17(15)19(12)14;1-2-6-4-3-5-1/h4,7-12H,3,5-6H2,1-2H3;1-3,6H,4H2. The van der Waals surface area contributed by atoms with Crippen LogP contribution >= 0.6 is 0 Å². The minimum Gasteiger partial charge on any atom is -0.385 e. The monoisotopic (exact) mass is 360 g/mol. The molecule has 0 radical (unpaired) electrons. The molecule has 0 fully saturated rings. The van der Waals surface area contributed by atoms with Gasteiger partial charge in [-0.3, -0.25) is 4.99 Å². The first kappa shape index (κ1) is 17.7. The third-order valence-corrected chi connectivity index (χ3v) is 5.61. The number of nitrogens with zero attached hydrogens (tertiary/aromatic N) is 1. The average molecular weight is 360 g/mol. The van der Waals surface area contributed by atoms with E-state index in [0.717, 1.165) is 22.9 Å². The first-order valence-corrected chi connectivity index (χ1v) is 9.70. The van der Waals surface area contributed by atoms with Crippen LogP contribution in [0.2, 0.25) is 0 Å². The van der Waals surface area contributed by atoms with Gasteiger partial charge in [0.15, 0.2) is 0 Å². The van der Waals surface area contributed by atoms with Gasteiger partial charge in [0.2, 0.25) is 0 Å². The summed E-state index contributed by atoms with van der Waals surface area (Å²) >= 11 is 0. The molecule has 0 amide bonds. The SMILES string of the molecule is C1=CNCC=N1.Cc1cc2c3c(ccc2c2cccc(F)c12)CCCC3C. The fourth-order valence-electron chi connectivity index (χ4n) is 4.38. The molecular formula is C24H25FN2. The number of hydrogen-bond donors (Lipinski definition) is 1. The highest BCUT2D eigenvalue weighted by Crippen LogP contribution is 2.40. The first-order valence-electron chi connectivity index (χ1n) is 9.70. The molecule has 0 bridgehead atoms. The van der Waals surface area contributed by atoms with Gasteiger partial charge in [0.25, 0.3) is 0 Å². The number of nitrogens with one attached hydrogen (secondary N) is 1. The van der Waals surface area contributed by atoms with Gasteiger partial charge in [-0.2, -0.15) is 0 Å². The second kappa shape index (κ2) is 7.51. The van der Waals surface area contributed by atoms with E-state index in [1.165, 1.54) is 41.2 Å². The van der Waals surface area contributed by atoms with Crippen molar-refractivity contribution in [3.63, 3.8) is 0 Å². The molecule has 0 spiro atoms. The molecule has 0 aromatic heterocycles. The van der Waals surface area contributed by atoms with Crippen LogP contribution in [0, 0.1) is 12.7 Å². The Morgan fingerprint density at radius 3 is 2.70 bits per heavy atom. The van der Waals surface area contributed by atoms with Gasteiger partial charge in [-0.05, 0) is 71.0 Å². The summed E-state index contributed by atoms with van der Waals surface area (Å²) in [6.07, 6.45) is 9.08. The molecule has 2 nitrogen and oxygen atoms in total. The summed E-state index contributed by atoms with van der Waals surface area (Å²) < 4.78 is 14.2. The largest absolute Gasteiger partial charge is 0.385 e. The molecular weight excluding hydrogens is 335 g/mol. The van der Waals surface area contributed by atoms with E-state index < -0.39 is 0 Å². The fraction of sp³-hybridized carbons (Fsp3) is 0.292. The van der Waals surface area contributed by atoms with Crippen molar-refractivity contribution in [1.82, 2.24) is 5.32 Å². The second-order valence-electron chi connectivity index (χ2n) is 7.44. The van der Waals surface area contributed by atoms with Crippen LogP contribution in [0.3, 0.4) is 0 Å². The van der Waals surface area contributed by atoms with Crippen LogP contribution in [0.5, 0.6) is 0 Å². The van der Waals surface area contributed by atoms with E-state index in [9.17, 15) is 4.39 Å². The molecule has 0 saturated carbocycles. The summed E-state index contributed by atoms with van der Waals surface area (Å²) in [4.78, 5) is 3.81. The Bertz CT molecular complexity index is 1040. The molecule has 27 heavy (non-hydrogen) atoms. The van der Waals surface area contributed by atoms with Crippen LogP contribution in [0.15, 0.2) is 53.8 Å². The van der Waals surface area contributed by atoms with Gasteiger partial charge in [-0.1, -0.05) is 37.3 Å². The topological polar surface area (TPSA) is 24.4 Å². The summed E-state index contributed by atoms with van der Waals surface area (Å²) in [5, 5.41) is 7.30. The van der Waals surface area contributed by atoms with E-state index in [1.807, 2.05) is 31.5 Å². The predicted molar refractivity (Wildman–Crippen MR) is 113 cm³/mol. The van der Waals surface area contributed by atoms with E-state index >= 15 is 0 Å². The van der Waals surface area contributed by atoms with E-state index in [2.05, 4.69) is 35.4 Å². The number of benzene rings is 3. The quantitative estimate of drug-likeness (QED) is 0.488. The summed E-state index contributed by atoms with van der Waals surface area (Å²) in [5.41, 5.74) is 4.02. The lowest BCUT2D eigenvalue weighted by Gasteiger charge is -2.25. The molecule has 0 saturated heterocycles. The van der Waals surface area contributed by atoms with E-state index in [4.69, 9.17) is 0 Å². The van der Waals surface area contributed by atoms with E-state index in [-0.39, 0.29) is 5.82 Å². The molecule has 3 aromatic rings. The predicted octanol–water partition coefficient (Wildman–Crippen LogP) is 6.01. The lowest BCUT2D eigenvalue weighted by atomic mass is 9.80. The highest BCUT2D eigenvalue weighted by Gasteiger charge is 2.20. The first-order chi connectivity index (χ1) is 13.2. The number of rotatable bonds is 0. The second-order valence-corrected chi connectivity index (χ2v) is 7.44. The average Bonchev–Trinajstić information content (AvgIpc) is 2.70. The Morgan fingerprint density at radius 2 is 2.00 bits per heavy atom. The van der Waals surface area contributed by atoms with Gasteiger partial charge >= 0.3 is 0 Å². The zero-order valence-electron chi connectivity index (χ0n) is 15.9. The molecule has 5 rings (SSSR count). The summed E-state index contributed by atoms with van der Waals surface area (Å²) in [7, 11) is 0. The third-order valence-electron chi connectivity index (χ3n) is 5.61. The van der Waals surface area contributed by atoms with Gasteiger partial charge in [-0.15, -0.1) is 0 Å². The van der Waals surface area contributed by atoms with Crippen LogP contribution in [-0.2, 0) is 6.42 Å². The summed E-state index contributed by atoms with van der Waals surface area (Å²) in [5.74, 6) is 0.487. The van der Waals surface area contributed by atoms with Gasteiger partial charge in [0.1, 0.15) is 5.82 Å². The van der Waals surface area contributed by atoms with Gasteiger partial charge < -0.3 is 5.32 Å². The maximum atomic E-state index is 14.2. The molecule has 1 N–H and O–H groups in total. The number of fused-ring (bicyclic) bond motifs is 5. The Morgan fingerprint density at radius 1 is 1.11 bits per heavy atom. The van der Waals surface area contributed by atoms with Crippen LogP contribution in [0.4, 0.5) is 4.39 Å². The molecule has 3 heteroatoms. The Hall–Kier alpha value is -2.68. The molecule has 3 aromatic carbocycles. The van der Waals surface area contributed by atoms with Crippen molar-refractivity contribution in [2.24, 2.45) is 4.99 Å². The van der Waals surface area contributed by atoms with Gasteiger partial charge in [-0.25, -0.2) is 4.39 Å². The van der Waals surface area contributed by atoms with Gasteiger partial charge in [0, 0.05) is 30.5 Å². The molecule has 1 heterocycles. The maximum absolute atomic E-state index is 14.2. The van der Waals surface area contributed by atoms with Crippen molar-refractivity contribution in [2.45, 2.75) is 39.0 Å². The maximum Gasteiger partial charge on any atom is 0.131 e. The lowest BCUT2D eigenvalue weighted by Crippen LogP contribution is -2.09. The highest BCUT2D eigenvalue weighted by molar-refractivity contribution is 6.10. The Kier molecular flexibility index (Phi) is 4.93. The number of aliphatic imine (C=N–C) groups is 1. The summed E-state index contributed by atoms with van der Waals surface area (Å²) in [6.45, 7) is 5.22. The van der Waals surface area contributed by atoms with Crippen molar-refractivity contribution in [3.05, 3.63) is 71.3 Å². The lowest BCUT2D eigenvalue weighted by molar-refractivity contribution is 0.595. The Balaban J connectivity index is 0.000000257. The molecule has 2 aliphatic rings. The van der Waals surface area contributed by atoms with Gasteiger partial charge in [0.05, 0.1) is 0 Å². The molecule has 1 atom stereocenters. The van der Waals surface area contributed by atoms with Crippen LogP contribution in [0.25, 0.3) is 21.5 Å². The minimum absolute atomic E-state index is 0.113. The zero-order chi connectivity index (χ0) is 18.8. The number of hydrogen-bond acceptors (Lipinski definition) is 2. The van der Waals surface area contributed by atoms with Crippen molar-refractivity contribution in [2.75, 3.05) is 6.54 Å². The highest BCUT2D eigenvalue weighted by atomic mass is 19.1. The fourth-order valence-corrected chi connectivity index (χ4v) is 4.38. The molecule has 1 aliphatic heterocycles. The normalized spacial score (nSPS) is 18.0. The third kappa shape index (κ3) is 3.34. The number of aryl methyl sites for hydroxylation is 2. The number of halogens is 1. The van der Waals surface area contributed by atoms with Crippen LogP contribution in [0.1, 0.15) is 42.4 Å². The zero-order valence-corrected chi connectivity index (χ0v) is 15.9. The molecule has 1 unspecified atom stereocenters. The van der Waals surface area contributed by atoms with Crippen LogP contribution < -0.4 is 5.32 Å². The Labute approximate surface area is 159 Å². The van der Waals surface area contributed by atoms with Crippen LogP contribution in [-0.4, -0.2) is 12.8 Å². The summed E-state index contributed by atoms with van der Waals surface area (Å²) in [6, 6.07) is 12.1. The van der Waals surface area contributed by atoms with Crippen molar-refractivity contribution >= 4 is 27.8 Å². The molecule has 1 aliphatic carbocycles. The smallest absolute Gasteiger partial charge is 0.131 e.